The lowest BCUT2D eigenvalue weighted by atomic mass is 9.95. The normalized spacial score (nSPS) is 17.7. The van der Waals surface area contributed by atoms with Crippen LogP contribution >= 0.6 is 0 Å². The number of phenols is 1. The highest BCUT2D eigenvalue weighted by Crippen LogP contribution is 2.25. The number of ether oxygens (including phenoxy) is 1. The van der Waals surface area contributed by atoms with E-state index in [-0.39, 0.29) is 17.7 Å². The summed E-state index contributed by atoms with van der Waals surface area (Å²) < 4.78 is 5.49. The number of carbonyl (C=O) groups excluding carboxylic acids is 1. The fourth-order valence-electron chi connectivity index (χ4n) is 2.37. The molecule has 1 atom stereocenters. The molecule has 4 heteroatoms. The average molecular weight is 263 g/mol. The van der Waals surface area contributed by atoms with Gasteiger partial charge >= 0.3 is 0 Å². The molecule has 0 heterocycles. The zero-order valence-corrected chi connectivity index (χ0v) is 11.3. The van der Waals surface area contributed by atoms with Crippen molar-refractivity contribution in [3.05, 3.63) is 24.3 Å². The van der Waals surface area contributed by atoms with E-state index in [0.717, 1.165) is 12.8 Å². The Morgan fingerprint density at radius 2 is 2.00 bits per heavy atom. The summed E-state index contributed by atoms with van der Waals surface area (Å²) in [6.07, 6.45) is 5.12. The van der Waals surface area contributed by atoms with Crippen LogP contribution in [0.3, 0.4) is 0 Å². The molecule has 0 bridgehead atoms. The van der Waals surface area contributed by atoms with Crippen LogP contribution in [0.4, 0.5) is 0 Å². The Labute approximate surface area is 113 Å². The van der Waals surface area contributed by atoms with Crippen LogP contribution in [0.15, 0.2) is 24.3 Å². The second kappa shape index (κ2) is 6.45. The summed E-state index contributed by atoms with van der Waals surface area (Å²) in [6.45, 7) is 1.70. The van der Waals surface area contributed by atoms with Gasteiger partial charge in [-0.05, 0) is 31.9 Å². The predicted molar refractivity (Wildman–Crippen MR) is 73.2 cm³/mol. The Hall–Kier alpha value is -1.71. The Kier molecular flexibility index (Phi) is 4.66. The lowest BCUT2D eigenvalue weighted by Crippen LogP contribution is -2.43. The Morgan fingerprint density at radius 3 is 2.68 bits per heavy atom. The van der Waals surface area contributed by atoms with Crippen LogP contribution in [0.2, 0.25) is 0 Å². The lowest BCUT2D eigenvalue weighted by Gasteiger charge is -2.24. The highest BCUT2D eigenvalue weighted by molar-refractivity contribution is 5.81. The quantitative estimate of drug-likeness (QED) is 0.878. The van der Waals surface area contributed by atoms with Crippen LogP contribution < -0.4 is 10.1 Å². The van der Waals surface area contributed by atoms with Gasteiger partial charge in [-0.25, -0.2) is 0 Å². The Morgan fingerprint density at radius 1 is 1.32 bits per heavy atom. The first-order valence-electron chi connectivity index (χ1n) is 6.92. The summed E-state index contributed by atoms with van der Waals surface area (Å²) in [7, 11) is 0. The van der Waals surface area contributed by atoms with Gasteiger partial charge in [-0.15, -0.1) is 0 Å². The summed E-state index contributed by atoms with van der Waals surface area (Å²) in [5.41, 5.74) is 0. The molecule has 4 nitrogen and oxygen atoms in total. The van der Waals surface area contributed by atoms with Crippen molar-refractivity contribution in [1.82, 2.24) is 5.32 Å². The van der Waals surface area contributed by atoms with Crippen molar-refractivity contribution >= 4 is 5.91 Å². The molecule has 1 aliphatic rings. The minimum absolute atomic E-state index is 0.0554. The summed E-state index contributed by atoms with van der Waals surface area (Å²) in [5, 5.41) is 12.6. The van der Waals surface area contributed by atoms with Crippen molar-refractivity contribution in [3.63, 3.8) is 0 Å². The standard InChI is InChI=1S/C15H21NO3/c1-11(19-14-10-6-5-9-13(14)17)15(18)16-12-7-3-2-4-8-12/h5-6,9-12,17H,2-4,7-8H2,1H3,(H,16,18). The van der Waals surface area contributed by atoms with Gasteiger partial charge in [0.05, 0.1) is 0 Å². The summed E-state index contributed by atoms with van der Waals surface area (Å²) in [6, 6.07) is 6.95. The molecule has 1 fully saturated rings. The number of hydrogen-bond acceptors (Lipinski definition) is 3. The number of aromatic hydroxyl groups is 1. The molecule has 104 valence electrons. The van der Waals surface area contributed by atoms with Crippen LogP contribution in [0.25, 0.3) is 0 Å². The maximum absolute atomic E-state index is 12.0. The highest BCUT2D eigenvalue weighted by atomic mass is 16.5. The molecular weight excluding hydrogens is 242 g/mol. The molecule has 1 saturated carbocycles. The van der Waals surface area contributed by atoms with Crippen molar-refractivity contribution in [2.75, 3.05) is 0 Å². The van der Waals surface area contributed by atoms with Gasteiger partial charge in [-0.2, -0.15) is 0 Å². The van der Waals surface area contributed by atoms with E-state index in [9.17, 15) is 9.90 Å². The third kappa shape index (κ3) is 3.88. The van der Waals surface area contributed by atoms with Crippen LogP contribution in [0, 0.1) is 0 Å². The van der Waals surface area contributed by atoms with E-state index in [0.29, 0.717) is 5.75 Å². The smallest absolute Gasteiger partial charge is 0.260 e. The molecule has 1 aromatic carbocycles. The molecule has 1 amide bonds. The zero-order chi connectivity index (χ0) is 13.7. The SMILES string of the molecule is CC(Oc1ccccc1O)C(=O)NC1CCCCC1. The highest BCUT2D eigenvalue weighted by Gasteiger charge is 2.21. The lowest BCUT2D eigenvalue weighted by molar-refractivity contribution is -0.128. The molecule has 1 aliphatic carbocycles. The molecule has 0 spiro atoms. The van der Waals surface area contributed by atoms with Crippen molar-refractivity contribution in [2.45, 2.75) is 51.2 Å². The first-order chi connectivity index (χ1) is 9.16. The van der Waals surface area contributed by atoms with Crippen LogP contribution in [-0.2, 0) is 4.79 Å². The predicted octanol–water partition coefficient (Wildman–Crippen LogP) is 2.61. The first kappa shape index (κ1) is 13.7. The van der Waals surface area contributed by atoms with Gasteiger partial charge in [0.2, 0.25) is 0 Å². The third-order valence-electron chi connectivity index (χ3n) is 3.49. The number of carbonyl (C=O) groups is 1. The second-order valence-electron chi connectivity index (χ2n) is 5.07. The maximum Gasteiger partial charge on any atom is 0.260 e. The molecule has 0 saturated heterocycles. The van der Waals surface area contributed by atoms with Crippen LogP contribution in [0.1, 0.15) is 39.0 Å². The molecule has 2 N–H and O–H groups in total. The van der Waals surface area contributed by atoms with E-state index in [1.54, 1.807) is 31.2 Å². The van der Waals surface area contributed by atoms with Gasteiger partial charge in [0.1, 0.15) is 0 Å². The Balaban J connectivity index is 1.87. The second-order valence-corrected chi connectivity index (χ2v) is 5.07. The third-order valence-corrected chi connectivity index (χ3v) is 3.49. The molecule has 19 heavy (non-hydrogen) atoms. The van der Waals surface area contributed by atoms with Crippen LogP contribution in [-0.4, -0.2) is 23.2 Å². The number of hydrogen-bond donors (Lipinski definition) is 2. The van der Waals surface area contributed by atoms with Crippen molar-refractivity contribution in [2.24, 2.45) is 0 Å². The van der Waals surface area contributed by atoms with Gasteiger partial charge in [-0.3, -0.25) is 4.79 Å². The average Bonchev–Trinajstić information content (AvgIpc) is 2.42. The van der Waals surface area contributed by atoms with E-state index in [1.165, 1.54) is 19.3 Å². The van der Waals surface area contributed by atoms with Crippen LogP contribution in [0.5, 0.6) is 11.5 Å². The molecule has 2 rings (SSSR count). The number of para-hydroxylation sites is 2. The first-order valence-corrected chi connectivity index (χ1v) is 6.92. The number of benzene rings is 1. The van der Waals surface area contributed by atoms with Gasteiger partial charge in [0.15, 0.2) is 17.6 Å². The fourth-order valence-corrected chi connectivity index (χ4v) is 2.37. The number of phenolic OH excluding ortho intramolecular Hbond substituents is 1. The Bertz CT molecular complexity index is 427. The topological polar surface area (TPSA) is 58.6 Å². The van der Waals surface area contributed by atoms with Gasteiger partial charge in [-0.1, -0.05) is 31.4 Å². The van der Waals surface area contributed by atoms with E-state index in [2.05, 4.69) is 5.32 Å². The summed E-state index contributed by atoms with van der Waals surface area (Å²) >= 11 is 0. The van der Waals surface area contributed by atoms with Crippen molar-refractivity contribution in [1.29, 1.82) is 0 Å². The number of rotatable bonds is 4. The fraction of sp³-hybridized carbons (Fsp3) is 0.533. The van der Waals surface area contributed by atoms with Crippen molar-refractivity contribution in [3.8, 4) is 11.5 Å². The van der Waals surface area contributed by atoms with Crippen molar-refractivity contribution < 1.29 is 14.6 Å². The van der Waals surface area contributed by atoms with Gasteiger partial charge < -0.3 is 15.2 Å². The molecule has 1 aromatic rings. The van der Waals surface area contributed by atoms with Gasteiger partial charge in [0, 0.05) is 6.04 Å². The number of nitrogens with one attached hydrogen (secondary N) is 1. The number of amides is 1. The van der Waals surface area contributed by atoms with E-state index < -0.39 is 6.10 Å². The molecule has 0 aromatic heterocycles. The largest absolute Gasteiger partial charge is 0.504 e. The minimum atomic E-state index is -0.602. The molecule has 1 unspecified atom stereocenters. The minimum Gasteiger partial charge on any atom is -0.504 e. The van der Waals surface area contributed by atoms with E-state index in [4.69, 9.17) is 4.74 Å². The molecular formula is C15H21NO3. The summed E-state index contributed by atoms with van der Waals surface area (Å²) in [4.78, 5) is 12.0. The van der Waals surface area contributed by atoms with E-state index >= 15 is 0 Å². The summed E-state index contributed by atoms with van der Waals surface area (Å²) in [5.74, 6) is 0.281. The molecule has 0 aliphatic heterocycles. The zero-order valence-electron chi connectivity index (χ0n) is 11.3. The molecule has 0 radical (unpaired) electrons. The monoisotopic (exact) mass is 263 g/mol. The maximum atomic E-state index is 12.0. The van der Waals surface area contributed by atoms with E-state index in [1.807, 2.05) is 0 Å². The van der Waals surface area contributed by atoms with Gasteiger partial charge in [0.25, 0.3) is 5.91 Å².